The van der Waals surface area contributed by atoms with E-state index < -0.39 is 28.3 Å². The van der Waals surface area contributed by atoms with Crippen molar-refractivity contribution >= 4 is 41.9 Å². The van der Waals surface area contributed by atoms with Crippen molar-refractivity contribution in [3.63, 3.8) is 0 Å². The lowest BCUT2D eigenvalue weighted by atomic mass is 9.96. The summed E-state index contributed by atoms with van der Waals surface area (Å²) in [6, 6.07) is 1.29. The number of carbonyl (C=O) groups is 4. The van der Waals surface area contributed by atoms with Gasteiger partial charge in [-0.25, -0.2) is 0 Å². The van der Waals surface area contributed by atoms with Gasteiger partial charge >= 0.3 is 17.1 Å². The maximum Gasteiger partial charge on any atom is 0.398 e. The second-order valence-electron chi connectivity index (χ2n) is 7.21. The summed E-state index contributed by atoms with van der Waals surface area (Å²) < 4.78 is 18.4. The van der Waals surface area contributed by atoms with Gasteiger partial charge in [0.15, 0.2) is 30.4 Å². The van der Waals surface area contributed by atoms with Crippen LogP contribution in [0.5, 0.6) is 0 Å². The lowest BCUT2D eigenvalue weighted by Crippen LogP contribution is -2.65. The Labute approximate surface area is 161 Å². The molecular weight excluding hydrogens is 384 g/mol. The summed E-state index contributed by atoms with van der Waals surface area (Å²) in [7, 11) is -6.59. The number of allylic oxidation sites excluding steroid dienone is 1. The standard InChI is InChI=1S/C18H26O7Si2/c1-3-7-17(13-19)8-5-11-26(23-17,10-4-2)25-27(16-22)12-6-9-18(14-20,15-21)24-27/h3-4,13-16H,1-2,5-12H2. The number of carbonyl (C=O) groups excluding carboxylic acids is 4. The molecule has 0 radical (unpaired) electrons. The average molecular weight is 411 g/mol. The molecule has 0 aromatic carbocycles. The van der Waals surface area contributed by atoms with Gasteiger partial charge in [-0.15, -0.1) is 13.2 Å². The molecule has 2 saturated heterocycles. The van der Waals surface area contributed by atoms with Crippen LogP contribution in [0.1, 0.15) is 32.1 Å². The van der Waals surface area contributed by atoms with Crippen molar-refractivity contribution in [2.75, 3.05) is 0 Å². The molecule has 0 aliphatic carbocycles. The molecule has 0 saturated carbocycles. The van der Waals surface area contributed by atoms with Gasteiger partial charge in [0, 0.05) is 6.04 Å². The van der Waals surface area contributed by atoms with E-state index >= 15 is 0 Å². The zero-order valence-electron chi connectivity index (χ0n) is 15.4. The summed E-state index contributed by atoms with van der Waals surface area (Å²) in [6.45, 7) is 7.46. The Morgan fingerprint density at radius 1 is 0.926 bits per heavy atom. The molecule has 2 heterocycles. The van der Waals surface area contributed by atoms with Crippen molar-refractivity contribution in [2.24, 2.45) is 0 Å². The molecule has 3 unspecified atom stereocenters. The molecule has 0 aromatic heterocycles. The molecule has 7 nitrogen and oxygen atoms in total. The molecule has 9 heteroatoms. The van der Waals surface area contributed by atoms with Gasteiger partial charge in [0.2, 0.25) is 0 Å². The number of rotatable bonds is 10. The maximum absolute atomic E-state index is 12.0. The largest absolute Gasteiger partial charge is 0.409 e. The Bertz CT molecular complexity index is 617. The van der Waals surface area contributed by atoms with Crippen molar-refractivity contribution in [3.8, 4) is 0 Å². The van der Waals surface area contributed by atoms with Crippen LogP contribution >= 0.6 is 0 Å². The summed E-state index contributed by atoms with van der Waals surface area (Å²) in [4.78, 5) is 46.7. The van der Waals surface area contributed by atoms with E-state index in [9.17, 15) is 19.2 Å². The highest BCUT2D eigenvalue weighted by Gasteiger charge is 2.58. The van der Waals surface area contributed by atoms with Crippen LogP contribution in [0.4, 0.5) is 0 Å². The number of hydrogen-bond acceptors (Lipinski definition) is 7. The zero-order chi connectivity index (χ0) is 20.0. The van der Waals surface area contributed by atoms with Crippen molar-refractivity contribution in [1.82, 2.24) is 0 Å². The van der Waals surface area contributed by atoms with Crippen LogP contribution < -0.4 is 0 Å². The fraction of sp³-hybridized carbons (Fsp3) is 0.556. The Morgan fingerprint density at radius 2 is 1.63 bits per heavy atom. The summed E-state index contributed by atoms with van der Waals surface area (Å²) >= 11 is 0. The van der Waals surface area contributed by atoms with Crippen molar-refractivity contribution in [3.05, 3.63) is 25.3 Å². The molecule has 0 N–H and O–H groups in total. The quantitative estimate of drug-likeness (QED) is 0.235. The fourth-order valence-corrected chi connectivity index (χ4v) is 12.3. The second-order valence-corrected chi connectivity index (χ2v) is 13.5. The SMILES string of the molecule is C=CCC1(C=O)CCC[Si](CC=C)(O[Si]2(C=O)CCCC(C=O)(C=O)O2)O1. The third kappa shape index (κ3) is 4.49. The summed E-state index contributed by atoms with van der Waals surface area (Å²) in [5.74, 6) is 0.625. The highest BCUT2D eigenvalue weighted by molar-refractivity contribution is 6.97. The Morgan fingerprint density at radius 3 is 2.19 bits per heavy atom. The molecule has 3 atom stereocenters. The van der Waals surface area contributed by atoms with Crippen molar-refractivity contribution in [1.29, 1.82) is 0 Å². The lowest BCUT2D eigenvalue weighted by molar-refractivity contribution is -0.136. The smallest absolute Gasteiger partial charge is 0.398 e. The van der Waals surface area contributed by atoms with Crippen LogP contribution in [0.3, 0.4) is 0 Å². The highest BCUT2D eigenvalue weighted by Crippen LogP contribution is 2.42. The Kier molecular flexibility index (Phi) is 6.98. The van der Waals surface area contributed by atoms with Gasteiger partial charge in [-0.3, -0.25) is 9.59 Å². The molecule has 2 fully saturated rings. The van der Waals surface area contributed by atoms with E-state index in [1.807, 2.05) is 0 Å². The lowest BCUT2D eigenvalue weighted by Gasteiger charge is -2.48. The summed E-state index contributed by atoms with van der Waals surface area (Å²) in [5.41, 5.74) is -2.68. The molecule has 27 heavy (non-hydrogen) atoms. The Balaban J connectivity index is 2.37. The van der Waals surface area contributed by atoms with Crippen molar-refractivity contribution in [2.45, 2.75) is 61.4 Å². The first-order valence-corrected chi connectivity index (χ1v) is 13.4. The first-order valence-electron chi connectivity index (χ1n) is 9.08. The van der Waals surface area contributed by atoms with E-state index in [4.69, 9.17) is 13.0 Å². The second kappa shape index (κ2) is 8.65. The summed E-state index contributed by atoms with van der Waals surface area (Å²) in [5, 5.41) is 0. The molecular formula is C18H26O7Si2. The van der Waals surface area contributed by atoms with E-state index in [0.717, 1.165) is 6.29 Å². The third-order valence-corrected chi connectivity index (χ3v) is 12.9. The highest BCUT2D eigenvalue weighted by atomic mass is 28.5. The van der Waals surface area contributed by atoms with E-state index in [1.54, 1.807) is 12.2 Å². The molecule has 0 amide bonds. The average Bonchev–Trinajstić information content (AvgIpc) is 2.68. The predicted molar refractivity (Wildman–Crippen MR) is 103 cm³/mol. The molecule has 2 aliphatic heterocycles. The minimum atomic E-state index is -3.53. The van der Waals surface area contributed by atoms with E-state index in [0.29, 0.717) is 62.3 Å². The van der Waals surface area contributed by atoms with Gasteiger partial charge in [-0.1, -0.05) is 12.2 Å². The van der Waals surface area contributed by atoms with Crippen LogP contribution in [0.25, 0.3) is 0 Å². The maximum atomic E-state index is 12.0. The van der Waals surface area contributed by atoms with Crippen molar-refractivity contribution < 1.29 is 32.1 Å². The minimum absolute atomic E-state index is 0.220. The molecule has 2 aliphatic rings. The van der Waals surface area contributed by atoms with Gasteiger partial charge in [0.1, 0.15) is 5.60 Å². The third-order valence-electron chi connectivity index (χ3n) is 5.10. The van der Waals surface area contributed by atoms with Gasteiger partial charge < -0.3 is 22.6 Å². The fourth-order valence-electron chi connectivity index (χ4n) is 3.85. The number of aldehydes is 3. The van der Waals surface area contributed by atoms with Crippen LogP contribution in [0.15, 0.2) is 25.3 Å². The van der Waals surface area contributed by atoms with Crippen LogP contribution in [0, 0.1) is 0 Å². The van der Waals surface area contributed by atoms with E-state index in [1.165, 1.54) is 0 Å². The molecule has 0 bridgehead atoms. The minimum Gasteiger partial charge on any atom is -0.409 e. The van der Waals surface area contributed by atoms with Gasteiger partial charge in [-0.2, -0.15) is 0 Å². The van der Waals surface area contributed by atoms with Crippen LogP contribution in [-0.4, -0.2) is 53.1 Å². The zero-order valence-corrected chi connectivity index (χ0v) is 17.4. The monoisotopic (exact) mass is 410 g/mol. The normalized spacial score (nSPS) is 35.6. The topological polar surface area (TPSA) is 96.0 Å². The van der Waals surface area contributed by atoms with Gasteiger partial charge in [0.05, 0.1) is 0 Å². The Hall–Kier alpha value is -1.53. The van der Waals surface area contributed by atoms with E-state index in [2.05, 4.69) is 13.2 Å². The summed E-state index contributed by atoms with van der Waals surface area (Å²) in [6.07, 6.45) is 7.20. The van der Waals surface area contributed by atoms with Gasteiger partial charge in [0.25, 0.3) is 0 Å². The van der Waals surface area contributed by atoms with Gasteiger partial charge in [-0.05, 0) is 44.2 Å². The first-order chi connectivity index (χ1) is 12.9. The first kappa shape index (κ1) is 21.8. The molecule has 0 spiro atoms. The van der Waals surface area contributed by atoms with Crippen LogP contribution in [-0.2, 0) is 32.1 Å². The van der Waals surface area contributed by atoms with Crippen LogP contribution in [0.2, 0.25) is 18.1 Å². The number of hydrogen-bond donors (Lipinski definition) is 0. The molecule has 148 valence electrons. The predicted octanol–water partition coefficient (Wildman–Crippen LogP) is 2.12. The molecule has 0 aromatic rings. The molecule has 2 rings (SSSR count). The van der Waals surface area contributed by atoms with E-state index in [-0.39, 0.29) is 6.42 Å².